The average molecular weight is 322 g/mol. The number of nitrogen functional groups attached to an aromatic ring is 1. The van der Waals surface area contributed by atoms with Gasteiger partial charge >= 0.3 is 0 Å². The van der Waals surface area contributed by atoms with Gasteiger partial charge in [0.05, 0.1) is 23.7 Å². The van der Waals surface area contributed by atoms with E-state index in [9.17, 15) is 0 Å². The van der Waals surface area contributed by atoms with E-state index in [1.807, 2.05) is 12.1 Å². The summed E-state index contributed by atoms with van der Waals surface area (Å²) in [6.07, 6.45) is 4.42. The maximum Gasteiger partial charge on any atom is 0.130 e. The van der Waals surface area contributed by atoms with Crippen LogP contribution in [0.5, 0.6) is 5.75 Å². The molecule has 2 aromatic rings. The first kappa shape index (κ1) is 12.7. The number of anilines is 1. The van der Waals surface area contributed by atoms with Crippen molar-refractivity contribution >= 4 is 32.5 Å². The maximum absolute atomic E-state index is 5.77. The van der Waals surface area contributed by atoms with E-state index in [2.05, 4.69) is 21.4 Å². The van der Waals surface area contributed by atoms with Crippen LogP contribution in [0.2, 0.25) is 0 Å². The number of methoxy groups -OCH3 is 1. The molecule has 0 fully saturated rings. The molecule has 0 atom stereocenters. The summed E-state index contributed by atoms with van der Waals surface area (Å²) in [4.78, 5) is 4.81. The Bertz CT molecular complexity index is 642. The summed E-state index contributed by atoms with van der Waals surface area (Å²) in [5, 5.41) is 0.958. The standard InChI is InChI=1S/C14H16BrN3O/c1-19-11-7-6-9(15)14-12(11)13(18-16)8-4-2-3-5-10(8)17-14/h6-7H,2-5,16H2,1H3,(H,17,18). The number of pyridine rings is 1. The van der Waals surface area contributed by atoms with Crippen molar-refractivity contribution in [1.29, 1.82) is 0 Å². The van der Waals surface area contributed by atoms with Crippen molar-refractivity contribution in [3.8, 4) is 5.75 Å². The number of aryl methyl sites for hydroxylation is 1. The molecule has 0 aliphatic heterocycles. The van der Waals surface area contributed by atoms with Crippen LogP contribution >= 0.6 is 15.9 Å². The second-order valence-corrected chi connectivity index (χ2v) is 5.59. The quantitative estimate of drug-likeness (QED) is 0.659. The summed E-state index contributed by atoms with van der Waals surface area (Å²) in [5.74, 6) is 6.56. The van der Waals surface area contributed by atoms with Crippen LogP contribution in [-0.4, -0.2) is 12.1 Å². The highest BCUT2D eigenvalue weighted by molar-refractivity contribution is 9.10. The first-order chi connectivity index (χ1) is 9.26. The fraction of sp³-hybridized carbons (Fsp3) is 0.357. The molecule has 0 saturated carbocycles. The molecule has 100 valence electrons. The Morgan fingerprint density at radius 2 is 2.11 bits per heavy atom. The minimum absolute atomic E-state index is 0.798. The molecular formula is C14H16BrN3O. The Hall–Kier alpha value is -1.33. The molecule has 3 rings (SSSR count). The number of benzene rings is 1. The monoisotopic (exact) mass is 321 g/mol. The Labute approximate surface area is 120 Å². The summed E-state index contributed by atoms with van der Waals surface area (Å²) in [6.45, 7) is 0. The molecule has 1 aromatic carbocycles. The molecule has 0 amide bonds. The summed E-state index contributed by atoms with van der Waals surface area (Å²) in [7, 11) is 1.67. The van der Waals surface area contributed by atoms with Gasteiger partial charge in [-0.3, -0.25) is 10.8 Å². The SMILES string of the molecule is COc1ccc(Br)c2nc3c(c(NN)c12)CCCC3. The topological polar surface area (TPSA) is 60.2 Å². The van der Waals surface area contributed by atoms with Crippen LogP contribution in [-0.2, 0) is 12.8 Å². The van der Waals surface area contributed by atoms with Crippen LogP contribution in [0.1, 0.15) is 24.1 Å². The second kappa shape index (κ2) is 4.98. The van der Waals surface area contributed by atoms with Gasteiger partial charge < -0.3 is 10.2 Å². The van der Waals surface area contributed by atoms with Crippen molar-refractivity contribution in [1.82, 2.24) is 4.98 Å². The van der Waals surface area contributed by atoms with Gasteiger partial charge in [-0.1, -0.05) is 0 Å². The molecule has 5 heteroatoms. The molecular weight excluding hydrogens is 306 g/mol. The van der Waals surface area contributed by atoms with Crippen LogP contribution in [0.15, 0.2) is 16.6 Å². The van der Waals surface area contributed by atoms with Crippen LogP contribution in [0, 0.1) is 0 Å². The number of hydrogen-bond acceptors (Lipinski definition) is 4. The third kappa shape index (κ3) is 1.97. The molecule has 0 unspecified atom stereocenters. The van der Waals surface area contributed by atoms with Crippen LogP contribution < -0.4 is 16.0 Å². The van der Waals surface area contributed by atoms with E-state index in [-0.39, 0.29) is 0 Å². The van der Waals surface area contributed by atoms with Gasteiger partial charge in [0.1, 0.15) is 5.75 Å². The Balaban J connectivity index is 2.42. The summed E-state index contributed by atoms with van der Waals surface area (Å²) in [6, 6.07) is 3.90. The van der Waals surface area contributed by atoms with Crippen molar-refractivity contribution in [2.45, 2.75) is 25.7 Å². The summed E-state index contributed by atoms with van der Waals surface area (Å²) < 4.78 is 6.43. The van der Waals surface area contributed by atoms with Crippen molar-refractivity contribution in [3.63, 3.8) is 0 Å². The van der Waals surface area contributed by atoms with E-state index in [4.69, 9.17) is 15.6 Å². The van der Waals surface area contributed by atoms with Gasteiger partial charge in [0.25, 0.3) is 0 Å². The minimum Gasteiger partial charge on any atom is -0.496 e. The fourth-order valence-electron chi connectivity index (χ4n) is 2.80. The number of fused-ring (bicyclic) bond motifs is 2. The lowest BCUT2D eigenvalue weighted by atomic mass is 9.92. The zero-order valence-electron chi connectivity index (χ0n) is 10.8. The zero-order valence-corrected chi connectivity index (χ0v) is 12.4. The highest BCUT2D eigenvalue weighted by Gasteiger charge is 2.21. The smallest absolute Gasteiger partial charge is 0.130 e. The summed E-state index contributed by atoms with van der Waals surface area (Å²) in [5.41, 5.74) is 7.11. The van der Waals surface area contributed by atoms with E-state index in [1.165, 1.54) is 18.4 Å². The van der Waals surface area contributed by atoms with E-state index in [0.29, 0.717) is 0 Å². The van der Waals surface area contributed by atoms with Crippen molar-refractivity contribution in [3.05, 3.63) is 27.9 Å². The van der Waals surface area contributed by atoms with E-state index >= 15 is 0 Å². The molecule has 19 heavy (non-hydrogen) atoms. The lowest BCUT2D eigenvalue weighted by Gasteiger charge is -2.21. The summed E-state index contributed by atoms with van der Waals surface area (Å²) >= 11 is 3.56. The molecule has 3 N–H and O–H groups in total. The van der Waals surface area contributed by atoms with Crippen molar-refractivity contribution in [2.75, 3.05) is 12.5 Å². The number of hydrazine groups is 1. The van der Waals surface area contributed by atoms with Gasteiger partial charge in [0.15, 0.2) is 0 Å². The first-order valence-corrected chi connectivity index (χ1v) is 7.20. The molecule has 4 nitrogen and oxygen atoms in total. The molecule has 1 aromatic heterocycles. The third-order valence-corrected chi connectivity index (χ3v) is 4.33. The fourth-order valence-corrected chi connectivity index (χ4v) is 3.21. The highest BCUT2D eigenvalue weighted by atomic mass is 79.9. The van der Waals surface area contributed by atoms with E-state index in [1.54, 1.807) is 7.11 Å². The van der Waals surface area contributed by atoms with Gasteiger partial charge in [-0.05, 0) is 59.3 Å². The molecule has 0 bridgehead atoms. The van der Waals surface area contributed by atoms with Gasteiger partial charge in [0, 0.05) is 10.2 Å². The number of aromatic nitrogens is 1. The predicted octanol–water partition coefficient (Wildman–Crippen LogP) is 3.17. The maximum atomic E-state index is 5.77. The van der Waals surface area contributed by atoms with Crippen molar-refractivity contribution < 1.29 is 4.74 Å². The number of halogens is 1. The average Bonchev–Trinajstić information content (AvgIpc) is 2.46. The third-order valence-electron chi connectivity index (χ3n) is 3.69. The zero-order chi connectivity index (χ0) is 13.4. The molecule has 1 aliphatic rings. The Morgan fingerprint density at radius 1 is 1.32 bits per heavy atom. The Morgan fingerprint density at radius 3 is 2.84 bits per heavy atom. The molecule has 1 heterocycles. The number of ether oxygens (including phenoxy) is 1. The van der Waals surface area contributed by atoms with Gasteiger partial charge in [-0.15, -0.1) is 0 Å². The first-order valence-electron chi connectivity index (χ1n) is 6.41. The van der Waals surface area contributed by atoms with Crippen LogP contribution in [0.3, 0.4) is 0 Å². The van der Waals surface area contributed by atoms with Gasteiger partial charge in [-0.2, -0.15) is 0 Å². The second-order valence-electron chi connectivity index (χ2n) is 4.74. The largest absolute Gasteiger partial charge is 0.496 e. The molecule has 1 aliphatic carbocycles. The molecule has 0 saturated heterocycles. The number of nitrogens with two attached hydrogens (primary N) is 1. The minimum atomic E-state index is 0.798. The number of hydrogen-bond donors (Lipinski definition) is 2. The van der Waals surface area contributed by atoms with Crippen LogP contribution in [0.25, 0.3) is 10.9 Å². The number of nitrogens with zero attached hydrogens (tertiary/aromatic N) is 1. The molecule has 0 spiro atoms. The highest BCUT2D eigenvalue weighted by Crippen LogP contribution is 2.40. The number of rotatable bonds is 2. The predicted molar refractivity (Wildman–Crippen MR) is 80.4 cm³/mol. The van der Waals surface area contributed by atoms with Crippen molar-refractivity contribution in [2.24, 2.45) is 5.84 Å². The van der Waals surface area contributed by atoms with E-state index < -0.39 is 0 Å². The lowest BCUT2D eigenvalue weighted by Crippen LogP contribution is -2.15. The number of nitrogens with one attached hydrogen (secondary N) is 1. The molecule has 0 radical (unpaired) electrons. The van der Waals surface area contributed by atoms with E-state index in [0.717, 1.165) is 45.3 Å². The lowest BCUT2D eigenvalue weighted by molar-refractivity contribution is 0.419. The normalized spacial score (nSPS) is 14.3. The van der Waals surface area contributed by atoms with Gasteiger partial charge in [0.2, 0.25) is 0 Å². The van der Waals surface area contributed by atoms with Gasteiger partial charge in [-0.25, -0.2) is 0 Å². The Kier molecular flexibility index (Phi) is 3.33. The van der Waals surface area contributed by atoms with Crippen LogP contribution in [0.4, 0.5) is 5.69 Å².